The highest BCUT2D eigenvalue weighted by molar-refractivity contribution is 4.81. The molecule has 0 aromatic heterocycles. The van der Waals surface area contributed by atoms with Gasteiger partial charge in [-0.05, 0) is 45.1 Å². The van der Waals surface area contributed by atoms with Gasteiger partial charge in [0.1, 0.15) is 0 Å². The molecule has 0 unspecified atom stereocenters. The molecule has 0 aromatic carbocycles. The highest BCUT2D eigenvalue weighted by atomic mass is 16.2. The van der Waals surface area contributed by atoms with Crippen LogP contribution in [0.4, 0.5) is 0 Å². The molecule has 0 heterocycles. The van der Waals surface area contributed by atoms with E-state index in [0.29, 0.717) is 6.61 Å². The van der Waals surface area contributed by atoms with Crippen LogP contribution >= 0.6 is 0 Å². The fraction of sp³-hybridized carbons (Fsp3) is 0.900. The molecule has 0 aromatic rings. The Morgan fingerprint density at radius 1 is 0.500 bits per heavy atom. The first kappa shape index (κ1) is 21.7. The fourth-order valence-electron chi connectivity index (χ4n) is 2.78. The van der Waals surface area contributed by atoms with E-state index in [1.54, 1.807) is 0 Å². The van der Waals surface area contributed by atoms with Gasteiger partial charge in [-0.2, -0.15) is 0 Å². The van der Waals surface area contributed by atoms with Crippen molar-refractivity contribution in [2.24, 2.45) is 5.73 Å². The zero-order valence-electron chi connectivity index (χ0n) is 14.9. The Kier molecular flexibility index (Phi) is 20.3. The van der Waals surface area contributed by atoms with Crippen LogP contribution in [0.25, 0.3) is 0 Å². The molecule has 0 spiro atoms. The summed E-state index contributed by atoms with van der Waals surface area (Å²) in [4.78, 5) is 0. The molecule has 3 N–H and O–H groups in total. The van der Waals surface area contributed by atoms with Crippen molar-refractivity contribution in [2.45, 2.75) is 103 Å². The predicted molar refractivity (Wildman–Crippen MR) is 99.2 cm³/mol. The van der Waals surface area contributed by atoms with Gasteiger partial charge in [0.15, 0.2) is 0 Å². The molecule has 0 aliphatic heterocycles. The van der Waals surface area contributed by atoms with E-state index in [1.807, 2.05) is 0 Å². The summed E-state index contributed by atoms with van der Waals surface area (Å²) in [5.41, 5.74) is 5.48. The molecule has 22 heavy (non-hydrogen) atoms. The van der Waals surface area contributed by atoms with Crippen LogP contribution in [0.15, 0.2) is 12.2 Å². The second-order valence-electron chi connectivity index (χ2n) is 6.51. The average molecular weight is 312 g/mol. The van der Waals surface area contributed by atoms with E-state index >= 15 is 0 Å². The minimum atomic E-state index is 0.362. The lowest BCUT2D eigenvalue weighted by atomic mass is 10.1. The first-order chi connectivity index (χ1) is 10.9. The SMILES string of the molecule is NCCCCCCCCC=CCCCCCCCCCCO. The van der Waals surface area contributed by atoms with Gasteiger partial charge < -0.3 is 10.8 Å². The number of hydrogen-bond acceptors (Lipinski definition) is 2. The van der Waals surface area contributed by atoms with Gasteiger partial charge in [-0.1, -0.05) is 76.4 Å². The lowest BCUT2D eigenvalue weighted by molar-refractivity contribution is 0.282. The van der Waals surface area contributed by atoms with Gasteiger partial charge in [-0.3, -0.25) is 0 Å². The van der Waals surface area contributed by atoms with Crippen LogP contribution in [0.1, 0.15) is 103 Å². The van der Waals surface area contributed by atoms with Crippen molar-refractivity contribution in [2.75, 3.05) is 13.2 Å². The summed E-state index contributed by atoms with van der Waals surface area (Å²) < 4.78 is 0. The Hall–Kier alpha value is -0.340. The van der Waals surface area contributed by atoms with Crippen LogP contribution in [0.3, 0.4) is 0 Å². The molecule has 0 saturated carbocycles. The molecule has 0 radical (unpaired) electrons. The minimum Gasteiger partial charge on any atom is -0.396 e. The summed E-state index contributed by atoms with van der Waals surface area (Å²) in [7, 11) is 0. The van der Waals surface area contributed by atoms with Crippen LogP contribution in [0.5, 0.6) is 0 Å². The molecular weight excluding hydrogens is 270 g/mol. The Labute approximate surface area is 139 Å². The topological polar surface area (TPSA) is 46.2 Å². The number of unbranched alkanes of at least 4 members (excludes halogenated alkanes) is 14. The van der Waals surface area contributed by atoms with Crippen molar-refractivity contribution in [3.05, 3.63) is 12.2 Å². The molecule has 0 aliphatic carbocycles. The minimum absolute atomic E-state index is 0.362. The number of hydrogen-bond donors (Lipinski definition) is 2. The van der Waals surface area contributed by atoms with E-state index in [2.05, 4.69) is 12.2 Å². The first-order valence-corrected chi connectivity index (χ1v) is 9.87. The second-order valence-corrected chi connectivity index (χ2v) is 6.51. The Morgan fingerprint density at radius 3 is 1.27 bits per heavy atom. The van der Waals surface area contributed by atoms with Crippen LogP contribution in [0, 0.1) is 0 Å². The monoisotopic (exact) mass is 311 g/mol. The van der Waals surface area contributed by atoms with E-state index in [-0.39, 0.29) is 0 Å². The summed E-state index contributed by atoms with van der Waals surface area (Å²) in [6.07, 6.45) is 25.6. The van der Waals surface area contributed by atoms with Gasteiger partial charge in [-0.25, -0.2) is 0 Å². The van der Waals surface area contributed by atoms with Gasteiger partial charge in [-0.15, -0.1) is 0 Å². The third-order valence-electron chi connectivity index (χ3n) is 4.27. The molecule has 0 rings (SSSR count). The highest BCUT2D eigenvalue weighted by Gasteiger charge is 1.92. The van der Waals surface area contributed by atoms with E-state index in [1.165, 1.54) is 96.3 Å². The molecule has 0 aliphatic rings. The maximum atomic E-state index is 8.69. The summed E-state index contributed by atoms with van der Waals surface area (Å²) in [6.45, 7) is 1.22. The van der Waals surface area contributed by atoms with Crippen LogP contribution in [-0.4, -0.2) is 18.3 Å². The van der Waals surface area contributed by atoms with Crippen molar-refractivity contribution >= 4 is 0 Å². The van der Waals surface area contributed by atoms with Crippen LogP contribution in [0.2, 0.25) is 0 Å². The Morgan fingerprint density at radius 2 is 0.864 bits per heavy atom. The first-order valence-electron chi connectivity index (χ1n) is 9.87. The maximum absolute atomic E-state index is 8.69. The molecular formula is C20H41NO. The van der Waals surface area contributed by atoms with Gasteiger partial charge in [0.2, 0.25) is 0 Å². The van der Waals surface area contributed by atoms with Gasteiger partial charge in [0, 0.05) is 6.61 Å². The molecule has 0 atom stereocenters. The molecule has 2 heteroatoms. The molecule has 0 amide bonds. The third-order valence-corrected chi connectivity index (χ3v) is 4.27. The molecule has 0 bridgehead atoms. The fourth-order valence-corrected chi connectivity index (χ4v) is 2.78. The zero-order chi connectivity index (χ0) is 16.1. The zero-order valence-corrected chi connectivity index (χ0v) is 14.9. The lowest BCUT2D eigenvalue weighted by Crippen LogP contribution is -1.97. The van der Waals surface area contributed by atoms with Gasteiger partial charge in [0.05, 0.1) is 0 Å². The van der Waals surface area contributed by atoms with E-state index in [0.717, 1.165) is 13.0 Å². The normalized spacial score (nSPS) is 11.5. The van der Waals surface area contributed by atoms with Crippen molar-refractivity contribution in [1.29, 1.82) is 0 Å². The molecule has 0 saturated heterocycles. The van der Waals surface area contributed by atoms with E-state index < -0.39 is 0 Å². The number of rotatable bonds is 18. The van der Waals surface area contributed by atoms with Crippen molar-refractivity contribution < 1.29 is 5.11 Å². The average Bonchev–Trinajstić information content (AvgIpc) is 2.54. The van der Waals surface area contributed by atoms with E-state index in [4.69, 9.17) is 10.8 Å². The summed E-state index contributed by atoms with van der Waals surface area (Å²) in [5.74, 6) is 0. The predicted octanol–water partition coefficient (Wildman–Crippen LogP) is 5.74. The van der Waals surface area contributed by atoms with Crippen LogP contribution in [-0.2, 0) is 0 Å². The quantitative estimate of drug-likeness (QED) is 0.250. The number of nitrogens with two attached hydrogens (primary N) is 1. The van der Waals surface area contributed by atoms with Gasteiger partial charge >= 0.3 is 0 Å². The Bertz CT molecular complexity index is 216. The highest BCUT2D eigenvalue weighted by Crippen LogP contribution is 2.11. The van der Waals surface area contributed by atoms with Gasteiger partial charge in [0.25, 0.3) is 0 Å². The standard InChI is InChI=1S/C20H41NO/c21-19-17-15-13-11-9-7-5-3-1-2-4-6-8-10-12-14-16-18-20-22/h1,3,22H,2,4-21H2. The largest absolute Gasteiger partial charge is 0.396 e. The maximum Gasteiger partial charge on any atom is 0.0431 e. The molecule has 0 fully saturated rings. The molecule has 132 valence electrons. The summed E-state index contributed by atoms with van der Waals surface area (Å²) in [6, 6.07) is 0. The Balaban J connectivity index is 3.02. The lowest BCUT2D eigenvalue weighted by Gasteiger charge is -2.00. The van der Waals surface area contributed by atoms with Crippen LogP contribution < -0.4 is 5.73 Å². The third kappa shape index (κ3) is 19.7. The summed E-state index contributed by atoms with van der Waals surface area (Å²) >= 11 is 0. The van der Waals surface area contributed by atoms with E-state index in [9.17, 15) is 0 Å². The second kappa shape index (κ2) is 20.7. The number of aliphatic hydroxyl groups excluding tert-OH is 1. The molecule has 2 nitrogen and oxygen atoms in total. The van der Waals surface area contributed by atoms with Crippen molar-refractivity contribution in [3.63, 3.8) is 0 Å². The summed E-state index contributed by atoms with van der Waals surface area (Å²) in [5, 5.41) is 8.69. The number of aliphatic hydroxyl groups is 1. The van der Waals surface area contributed by atoms with Crippen molar-refractivity contribution in [1.82, 2.24) is 0 Å². The number of allylic oxidation sites excluding steroid dienone is 2. The smallest absolute Gasteiger partial charge is 0.0431 e. The van der Waals surface area contributed by atoms with Crippen molar-refractivity contribution in [3.8, 4) is 0 Å².